The molecule has 0 amide bonds. The smallest absolute Gasteiger partial charge is 0.337 e. The van der Waals surface area contributed by atoms with E-state index in [1.54, 1.807) is 12.1 Å². The van der Waals surface area contributed by atoms with Gasteiger partial charge in [-0.3, -0.25) is 9.88 Å². The molecule has 0 bridgehead atoms. The highest BCUT2D eigenvalue weighted by atomic mass is 16.4. The van der Waals surface area contributed by atoms with Gasteiger partial charge < -0.3 is 5.11 Å². The average Bonchev–Trinajstić information content (AvgIpc) is 2.28. The van der Waals surface area contributed by atoms with Crippen LogP contribution in [0.4, 0.5) is 0 Å². The van der Waals surface area contributed by atoms with E-state index in [2.05, 4.69) is 37.6 Å². The fourth-order valence-electron chi connectivity index (χ4n) is 1.78. The number of pyridine rings is 1. The van der Waals surface area contributed by atoms with Gasteiger partial charge in [-0.25, -0.2) is 4.79 Å². The third-order valence-electron chi connectivity index (χ3n) is 2.77. The molecule has 0 saturated carbocycles. The van der Waals surface area contributed by atoms with Gasteiger partial charge in [0.1, 0.15) is 0 Å². The molecule has 18 heavy (non-hydrogen) atoms. The summed E-state index contributed by atoms with van der Waals surface area (Å²) in [6.45, 7) is 10.5. The van der Waals surface area contributed by atoms with Crippen LogP contribution in [0.3, 0.4) is 0 Å². The number of aromatic nitrogens is 1. The maximum absolute atomic E-state index is 10.7. The lowest BCUT2D eigenvalue weighted by atomic mass is 10.1. The van der Waals surface area contributed by atoms with Crippen LogP contribution in [0, 0.1) is 5.92 Å². The summed E-state index contributed by atoms with van der Waals surface area (Å²) in [7, 11) is 0. The summed E-state index contributed by atoms with van der Waals surface area (Å²) in [5.74, 6) is -0.331. The predicted molar refractivity (Wildman–Crippen MR) is 71.6 cm³/mol. The molecule has 1 heterocycles. The fraction of sp³-hybridized carbons (Fsp3) is 0.571. The van der Waals surface area contributed by atoms with Crippen molar-refractivity contribution in [3.63, 3.8) is 0 Å². The Kier molecular flexibility index (Phi) is 5.28. The number of carboxylic acids is 1. The molecule has 0 spiro atoms. The van der Waals surface area contributed by atoms with Crippen molar-refractivity contribution in [3.05, 3.63) is 29.6 Å². The number of carboxylic acid groups (broad SMARTS) is 1. The minimum atomic E-state index is -0.933. The molecule has 4 heteroatoms. The quantitative estimate of drug-likeness (QED) is 0.843. The lowest BCUT2D eigenvalue weighted by molar-refractivity contribution is 0.0696. The maximum atomic E-state index is 10.7. The molecule has 100 valence electrons. The molecule has 0 aliphatic heterocycles. The molecule has 1 aromatic heterocycles. The van der Waals surface area contributed by atoms with E-state index in [9.17, 15) is 4.79 Å². The lowest BCUT2D eigenvalue weighted by Gasteiger charge is -2.27. The monoisotopic (exact) mass is 250 g/mol. The molecule has 0 atom stereocenters. The lowest BCUT2D eigenvalue weighted by Crippen LogP contribution is -2.33. The van der Waals surface area contributed by atoms with Crippen LogP contribution in [0.5, 0.6) is 0 Å². The van der Waals surface area contributed by atoms with Crippen molar-refractivity contribution in [2.45, 2.75) is 40.3 Å². The summed E-state index contributed by atoms with van der Waals surface area (Å²) in [6, 6.07) is 3.85. The van der Waals surface area contributed by atoms with Crippen LogP contribution in [0.1, 0.15) is 43.7 Å². The Hall–Kier alpha value is -1.42. The highest BCUT2D eigenvalue weighted by molar-refractivity contribution is 5.87. The summed E-state index contributed by atoms with van der Waals surface area (Å²) in [4.78, 5) is 17.3. The molecule has 0 aliphatic rings. The van der Waals surface area contributed by atoms with Gasteiger partial charge in [-0.1, -0.05) is 13.8 Å². The molecule has 1 N–H and O–H groups in total. The van der Waals surface area contributed by atoms with Gasteiger partial charge >= 0.3 is 5.97 Å². The number of aromatic carboxylic acids is 1. The summed E-state index contributed by atoms with van der Waals surface area (Å²) in [5.41, 5.74) is 1.15. The van der Waals surface area contributed by atoms with Gasteiger partial charge in [-0.2, -0.15) is 0 Å². The number of hydrogen-bond acceptors (Lipinski definition) is 3. The average molecular weight is 250 g/mol. The molecule has 0 aliphatic carbocycles. The van der Waals surface area contributed by atoms with Gasteiger partial charge in [-0.05, 0) is 31.9 Å². The van der Waals surface area contributed by atoms with Gasteiger partial charge in [-0.15, -0.1) is 0 Å². The second-order valence-electron chi connectivity index (χ2n) is 5.26. The third-order valence-corrected chi connectivity index (χ3v) is 2.77. The molecule has 0 radical (unpaired) electrons. The van der Waals surface area contributed by atoms with E-state index < -0.39 is 5.97 Å². The molecule has 1 rings (SSSR count). The van der Waals surface area contributed by atoms with Crippen LogP contribution in [-0.4, -0.2) is 33.5 Å². The zero-order valence-corrected chi connectivity index (χ0v) is 11.6. The molecule has 0 saturated heterocycles. The van der Waals surface area contributed by atoms with E-state index >= 15 is 0 Å². The SMILES string of the molecule is CC(C)CN(Cc1ccc(C(=O)O)cn1)C(C)C. The number of nitrogens with zero attached hydrogens (tertiary/aromatic N) is 2. The van der Waals surface area contributed by atoms with Crippen molar-refractivity contribution < 1.29 is 9.90 Å². The van der Waals surface area contributed by atoms with E-state index in [1.165, 1.54) is 6.20 Å². The molecular formula is C14H22N2O2. The first-order valence-electron chi connectivity index (χ1n) is 6.32. The summed E-state index contributed by atoms with van der Waals surface area (Å²) in [5, 5.41) is 8.81. The Morgan fingerprint density at radius 1 is 1.33 bits per heavy atom. The van der Waals surface area contributed by atoms with Crippen molar-refractivity contribution in [2.75, 3.05) is 6.54 Å². The van der Waals surface area contributed by atoms with Gasteiger partial charge in [0.15, 0.2) is 0 Å². The van der Waals surface area contributed by atoms with Crippen LogP contribution in [0.2, 0.25) is 0 Å². The highest BCUT2D eigenvalue weighted by Crippen LogP contribution is 2.10. The zero-order valence-electron chi connectivity index (χ0n) is 11.6. The van der Waals surface area contributed by atoms with Gasteiger partial charge in [0.2, 0.25) is 0 Å². The largest absolute Gasteiger partial charge is 0.478 e. The Bertz CT molecular complexity index is 385. The van der Waals surface area contributed by atoms with Crippen molar-refractivity contribution in [1.82, 2.24) is 9.88 Å². The van der Waals surface area contributed by atoms with Crippen molar-refractivity contribution >= 4 is 5.97 Å². The summed E-state index contributed by atoms with van der Waals surface area (Å²) >= 11 is 0. The Balaban J connectivity index is 2.72. The molecule has 1 aromatic rings. The van der Waals surface area contributed by atoms with Crippen LogP contribution < -0.4 is 0 Å². The molecule has 0 unspecified atom stereocenters. The summed E-state index contributed by atoms with van der Waals surface area (Å²) < 4.78 is 0. The Morgan fingerprint density at radius 2 is 2.00 bits per heavy atom. The normalized spacial score (nSPS) is 11.5. The van der Waals surface area contributed by atoms with E-state index in [4.69, 9.17) is 5.11 Å². The van der Waals surface area contributed by atoms with Gasteiger partial charge in [0.05, 0.1) is 11.3 Å². The minimum Gasteiger partial charge on any atom is -0.478 e. The highest BCUT2D eigenvalue weighted by Gasteiger charge is 2.13. The molecule has 4 nitrogen and oxygen atoms in total. The van der Waals surface area contributed by atoms with Crippen LogP contribution in [-0.2, 0) is 6.54 Å². The first-order chi connectivity index (χ1) is 8.40. The van der Waals surface area contributed by atoms with Crippen LogP contribution in [0.15, 0.2) is 18.3 Å². The number of hydrogen-bond donors (Lipinski definition) is 1. The molecular weight excluding hydrogens is 228 g/mol. The zero-order chi connectivity index (χ0) is 13.7. The second-order valence-corrected chi connectivity index (χ2v) is 5.26. The number of rotatable bonds is 6. The van der Waals surface area contributed by atoms with E-state index in [1.807, 2.05) is 0 Å². The summed E-state index contributed by atoms with van der Waals surface area (Å²) in [6.07, 6.45) is 1.42. The minimum absolute atomic E-state index is 0.235. The topological polar surface area (TPSA) is 53.4 Å². The van der Waals surface area contributed by atoms with Gasteiger partial charge in [0, 0.05) is 25.3 Å². The van der Waals surface area contributed by atoms with Gasteiger partial charge in [0.25, 0.3) is 0 Å². The van der Waals surface area contributed by atoms with Crippen LogP contribution >= 0.6 is 0 Å². The van der Waals surface area contributed by atoms with Crippen molar-refractivity contribution in [3.8, 4) is 0 Å². The first-order valence-corrected chi connectivity index (χ1v) is 6.32. The molecule has 0 fully saturated rings. The van der Waals surface area contributed by atoms with E-state index in [-0.39, 0.29) is 5.56 Å². The molecule has 0 aromatic carbocycles. The predicted octanol–water partition coefficient (Wildman–Crippen LogP) is 2.65. The Morgan fingerprint density at radius 3 is 2.39 bits per heavy atom. The number of carbonyl (C=O) groups is 1. The third kappa shape index (κ3) is 4.45. The van der Waals surface area contributed by atoms with Crippen LogP contribution in [0.25, 0.3) is 0 Å². The van der Waals surface area contributed by atoms with Crippen molar-refractivity contribution in [1.29, 1.82) is 0 Å². The maximum Gasteiger partial charge on any atom is 0.337 e. The first kappa shape index (κ1) is 14.6. The fourth-order valence-corrected chi connectivity index (χ4v) is 1.78. The Labute approximate surface area is 109 Å². The van der Waals surface area contributed by atoms with E-state index in [0.717, 1.165) is 18.8 Å². The van der Waals surface area contributed by atoms with Crippen molar-refractivity contribution in [2.24, 2.45) is 5.92 Å². The van der Waals surface area contributed by atoms with E-state index in [0.29, 0.717) is 12.0 Å². The second kappa shape index (κ2) is 6.50. The standard InChI is InChI=1S/C14H22N2O2/c1-10(2)8-16(11(3)4)9-13-6-5-12(7-15-13)14(17)18/h5-7,10-11H,8-9H2,1-4H3,(H,17,18).